The number of hydrogen-bond donors (Lipinski definition) is 1. The van der Waals surface area contributed by atoms with Gasteiger partial charge in [-0.3, -0.25) is 4.79 Å². The summed E-state index contributed by atoms with van der Waals surface area (Å²) >= 11 is 3.44. The van der Waals surface area contributed by atoms with Crippen LogP contribution in [0, 0.1) is 5.92 Å². The first-order chi connectivity index (χ1) is 7.16. The van der Waals surface area contributed by atoms with Gasteiger partial charge in [0, 0.05) is 29.4 Å². The normalized spacial score (nSPS) is 26.7. The molecule has 1 aromatic rings. The number of hydrogen-bond acceptors (Lipinski definition) is 2. The summed E-state index contributed by atoms with van der Waals surface area (Å²) in [7, 11) is 0. The minimum absolute atomic E-state index is 0.161. The molecule has 80 valence electrons. The zero-order valence-corrected chi connectivity index (χ0v) is 10.3. The van der Waals surface area contributed by atoms with Crippen LogP contribution in [0.1, 0.15) is 24.9 Å². The number of benzene rings is 1. The van der Waals surface area contributed by atoms with Gasteiger partial charge in [0.25, 0.3) is 0 Å². The Hall–Kier alpha value is -0.670. The van der Waals surface area contributed by atoms with E-state index in [9.17, 15) is 4.79 Å². The van der Waals surface area contributed by atoms with E-state index in [-0.39, 0.29) is 12.0 Å². The Kier molecular flexibility index (Phi) is 3.22. The standard InChI is InChI=1S/C12H14BrNO/c1-8-7-14-11(6-12(8)15)9-3-2-4-10(13)5-9/h2-5,8,11,14H,6-7H2,1H3. The molecule has 1 aromatic carbocycles. The number of rotatable bonds is 1. The largest absolute Gasteiger partial charge is 0.309 e. The van der Waals surface area contributed by atoms with E-state index in [0.29, 0.717) is 12.2 Å². The van der Waals surface area contributed by atoms with Gasteiger partial charge in [0.05, 0.1) is 0 Å². The lowest BCUT2D eigenvalue weighted by Crippen LogP contribution is -2.37. The molecule has 1 saturated heterocycles. The SMILES string of the molecule is CC1CNC(c2cccc(Br)c2)CC1=O. The van der Waals surface area contributed by atoms with E-state index in [1.165, 1.54) is 5.56 Å². The van der Waals surface area contributed by atoms with Crippen LogP contribution in [0.5, 0.6) is 0 Å². The number of halogens is 1. The lowest BCUT2D eigenvalue weighted by Gasteiger charge is -2.27. The Morgan fingerprint density at radius 1 is 1.47 bits per heavy atom. The van der Waals surface area contributed by atoms with Crippen LogP contribution in [0.25, 0.3) is 0 Å². The van der Waals surface area contributed by atoms with Crippen LogP contribution in [0.3, 0.4) is 0 Å². The number of nitrogens with one attached hydrogen (secondary N) is 1. The topological polar surface area (TPSA) is 29.1 Å². The van der Waals surface area contributed by atoms with Crippen molar-refractivity contribution in [1.82, 2.24) is 5.32 Å². The molecule has 2 atom stereocenters. The molecule has 1 fully saturated rings. The Morgan fingerprint density at radius 2 is 2.27 bits per heavy atom. The van der Waals surface area contributed by atoms with E-state index in [2.05, 4.69) is 33.4 Å². The molecule has 2 unspecified atom stereocenters. The molecule has 1 heterocycles. The molecule has 3 heteroatoms. The van der Waals surface area contributed by atoms with Crippen molar-refractivity contribution in [3.63, 3.8) is 0 Å². The highest BCUT2D eigenvalue weighted by atomic mass is 79.9. The van der Waals surface area contributed by atoms with Crippen LogP contribution in [0.15, 0.2) is 28.7 Å². The molecule has 0 spiro atoms. The van der Waals surface area contributed by atoms with Gasteiger partial charge in [0.15, 0.2) is 0 Å². The molecule has 0 aliphatic carbocycles. The van der Waals surface area contributed by atoms with Crippen LogP contribution in [-0.2, 0) is 4.79 Å². The second-order valence-corrected chi connectivity index (χ2v) is 5.00. The second-order valence-electron chi connectivity index (χ2n) is 4.09. The van der Waals surface area contributed by atoms with Gasteiger partial charge >= 0.3 is 0 Å². The molecule has 0 amide bonds. The average Bonchev–Trinajstić information content (AvgIpc) is 2.22. The summed E-state index contributed by atoms with van der Waals surface area (Å²) in [6.45, 7) is 2.77. The lowest BCUT2D eigenvalue weighted by molar-refractivity contribution is -0.124. The molecular formula is C12H14BrNO. The summed E-state index contributed by atoms with van der Waals surface area (Å²) in [5, 5.41) is 3.40. The van der Waals surface area contributed by atoms with E-state index in [0.717, 1.165) is 11.0 Å². The van der Waals surface area contributed by atoms with Crippen molar-refractivity contribution in [3.8, 4) is 0 Å². The fourth-order valence-corrected chi connectivity index (χ4v) is 2.28. The van der Waals surface area contributed by atoms with Crippen LogP contribution < -0.4 is 5.32 Å². The van der Waals surface area contributed by atoms with Gasteiger partial charge in [-0.2, -0.15) is 0 Å². The van der Waals surface area contributed by atoms with Gasteiger partial charge in [-0.05, 0) is 17.7 Å². The number of piperidine rings is 1. The third-order valence-electron chi connectivity index (χ3n) is 2.88. The monoisotopic (exact) mass is 267 g/mol. The first-order valence-corrected chi connectivity index (χ1v) is 5.97. The lowest BCUT2D eigenvalue weighted by atomic mass is 9.91. The van der Waals surface area contributed by atoms with Gasteiger partial charge in [-0.1, -0.05) is 35.0 Å². The fraction of sp³-hybridized carbons (Fsp3) is 0.417. The summed E-state index contributed by atoms with van der Waals surface area (Å²) in [5.41, 5.74) is 1.18. The maximum absolute atomic E-state index is 11.6. The highest BCUT2D eigenvalue weighted by molar-refractivity contribution is 9.10. The van der Waals surface area contributed by atoms with Crippen LogP contribution in [0.4, 0.5) is 0 Å². The van der Waals surface area contributed by atoms with E-state index < -0.39 is 0 Å². The third-order valence-corrected chi connectivity index (χ3v) is 3.37. The van der Waals surface area contributed by atoms with Crippen molar-refractivity contribution < 1.29 is 4.79 Å². The Morgan fingerprint density at radius 3 is 2.93 bits per heavy atom. The smallest absolute Gasteiger partial charge is 0.138 e. The predicted octanol–water partition coefficient (Wildman–Crippen LogP) is 2.69. The van der Waals surface area contributed by atoms with Crippen LogP contribution >= 0.6 is 15.9 Å². The van der Waals surface area contributed by atoms with Crippen LogP contribution in [0.2, 0.25) is 0 Å². The number of ketones is 1. The Labute approximate surface area is 98.2 Å². The van der Waals surface area contributed by atoms with E-state index >= 15 is 0 Å². The zero-order chi connectivity index (χ0) is 10.8. The molecule has 1 aliphatic rings. The summed E-state index contributed by atoms with van der Waals surface area (Å²) in [5.74, 6) is 0.520. The summed E-state index contributed by atoms with van der Waals surface area (Å²) in [6.07, 6.45) is 0.609. The molecule has 0 bridgehead atoms. The third kappa shape index (κ3) is 2.47. The fourth-order valence-electron chi connectivity index (χ4n) is 1.87. The summed E-state index contributed by atoms with van der Waals surface area (Å²) < 4.78 is 1.06. The predicted molar refractivity (Wildman–Crippen MR) is 63.7 cm³/mol. The Bertz CT molecular complexity index is 378. The van der Waals surface area contributed by atoms with Crippen molar-refractivity contribution in [2.75, 3.05) is 6.54 Å². The molecule has 2 rings (SSSR count). The molecule has 2 nitrogen and oxygen atoms in total. The van der Waals surface area contributed by atoms with Gasteiger partial charge in [-0.25, -0.2) is 0 Å². The highest BCUT2D eigenvalue weighted by Gasteiger charge is 2.25. The molecule has 0 aromatic heterocycles. The number of carbonyl (C=O) groups excluding carboxylic acids is 1. The van der Waals surface area contributed by atoms with Crippen molar-refractivity contribution in [2.45, 2.75) is 19.4 Å². The van der Waals surface area contributed by atoms with Gasteiger partial charge in [0.2, 0.25) is 0 Å². The Balaban J connectivity index is 2.15. The number of Topliss-reactive ketones (excluding diaryl/α,β-unsaturated/α-hetero) is 1. The molecule has 0 radical (unpaired) electrons. The van der Waals surface area contributed by atoms with E-state index in [4.69, 9.17) is 0 Å². The zero-order valence-electron chi connectivity index (χ0n) is 8.66. The summed E-state index contributed by atoms with van der Waals surface area (Å²) in [6, 6.07) is 8.32. The molecule has 1 aliphatic heterocycles. The average molecular weight is 268 g/mol. The van der Waals surface area contributed by atoms with Crippen molar-refractivity contribution in [1.29, 1.82) is 0 Å². The van der Waals surface area contributed by atoms with E-state index in [1.54, 1.807) is 0 Å². The molecule has 1 N–H and O–H groups in total. The van der Waals surface area contributed by atoms with Gasteiger partial charge < -0.3 is 5.32 Å². The van der Waals surface area contributed by atoms with Crippen molar-refractivity contribution in [3.05, 3.63) is 34.3 Å². The van der Waals surface area contributed by atoms with Crippen molar-refractivity contribution >= 4 is 21.7 Å². The van der Waals surface area contributed by atoms with Crippen molar-refractivity contribution in [2.24, 2.45) is 5.92 Å². The van der Waals surface area contributed by atoms with Gasteiger partial charge in [0.1, 0.15) is 5.78 Å². The minimum atomic E-state index is 0.161. The molecule has 15 heavy (non-hydrogen) atoms. The number of carbonyl (C=O) groups is 1. The van der Waals surface area contributed by atoms with E-state index in [1.807, 2.05) is 19.1 Å². The molecular weight excluding hydrogens is 254 g/mol. The van der Waals surface area contributed by atoms with Crippen LogP contribution in [-0.4, -0.2) is 12.3 Å². The first-order valence-electron chi connectivity index (χ1n) is 5.18. The maximum Gasteiger partial charge on any atom is 0.138 e. The molecule has 0 saturated carbocycles. The van der Waals surface area contributed by atoms with Gasteiger partial charge in [-0.15, -0.1) is 0 Å². The highest BCUT2D eigenvalue weighted by Crippen LogP contribution is 2.25. The summed E-state index contributed by atoms with van der Waals surface area (Å²) in [4.78, 5) is 11.6. The second kappa shape index (κ2) is 4.45. The quantitative estimate of drug-likeness (QED) is 0.848. The minimum Gasteiger partial charge on any atom is -0.309 e. The maximum atomic E-state index is 11.6. The first kappa shape index (κ1) is 10.8.